The van der Waals surface area contributed by atoms with Crippen molar-refractivity contribution in [2.75, 3.05) is 19.6 Å². The van der Waals surface area contributed by atoms with Crippen LogP contribution in [0.4, 0.5) is 0 Å². The Balaban J connectivity index is 1.44. The molecule has 0 saturated carbocycles. The molecule has 1 aromatic carbocycles. The van der Waals surface area contributed by atoms with Crippen LogP contribution in [0.5, 0.6) is 0 Å². The number of hydrogen-bond donors (Lipinski definition) is 2. The van der Waals surface area contributed by atoms with Gasteiger partial charge in [-0.3, -0.25) is 4.79 Å². The van der Waals surface area contributed by atoms with Crippen LogP contribution >= 0.6 is 0 Å². The van der Waals surface area contributed by atoms with Crippen LogP contribution in [0.1, 0.15) is 41.4 Å². The molecular formula is C17H23N5O. The average molecular weight is 313 g/mol. The molecule has 2 N–H and O–H groups in total. The summed E-state index contributed by atoms with van der Waals surface area (Å²) >= 11 is 0. The van der Waals surface area contributed by atoms with Gasteiger partial charge in [-0.05, 0) is 44.3 Å². The van der Waals surface area contributed by atoms with Crippen LogP contribution in [0, 0.1) is 0 Å². The molecule has 0 unspecified atom stereocenters. The van der Waals surface area contributed by atoms with Gasteiger partial charge in [-0.2, -0.15) is 0 Å². The third-order valence-corrected chi connectivity index (χ3v) is 4.20. The largest absolute Gasteiger partial charge is 0.351 e. The number of carbonyl (C=O) groups is 1. The first-order chi connectivity index (χ1) is 11.3. The summed E-state index contributed by atoms with van der Waals surface area (Å²) in [5.41, 5.74) is 1.70. The van der Waals surface area contributed by atoms with Crippen molar-refractivity contribution in [1.82, 2.24) is 25.6 Å². The maximum absolute atomic E-state index is 12.1. The number of nitrogens with one attached hydrogen (secondary N) is 2. The van der Waals surface area contributed by atoms with Crippen molar-refractivity contribution in [2.45, 2.75) is 31.7 Å². The van der Waals surface area contributed by atoms with Crippen LogP contribution in [0.3, 0.4) is 0 Å². The summed E-state index contributed by atoms with van der Waals surface area (Å²) in [6.07, 6.45) is 5.70. The lowest BCUT2D eigenvalue weighted by Crippen LogP contribution is -2.29. The predicted octanol–water partition coefficient (Wildman–Crippen LogP) is 1.57. The number of piperidine rings is 1. The molecule has 2 heterocycles. The van der Waals surface area contributed by atoms with Crippen molar-refractivity contribution >= 4 is 5.91 Å². The van der Waals surface area contributed by atoms with Crippen molar-refractivity contribution in [1.29, 1.82) is 0 Å². The maximum Gasteiger partial charge on any atom is 0.273 e. The molecule has 2 aromatic rings. The van der Waals surface area contributed by atoms with Gasteiger partial charge in [-0.25, -0.2) is 4.68 Å². The van der Waals surface area contributed by atoms with E-state index in [9.17, 15) is 4.79 Å². The molecule has 3 rings (SSSR count). The van der Waals surface area contributed by atoms with Gasteiger partial charge < -0.3 is 10.6 Å². The Bertz CT molecular complexity index is 619. The highest BCUT2D eigenvalue weighted by Crippen LogP contribution is 2.16. The van der Waals surface area contributed by atoms with E-state index in [-0.39, 0.29) is 5.91 Å². The Morgan fingerprint density at radius 2 is 2.04 bits per heavy atom. The SMILES string of the molecule is O=C(NCCCc1ccccc1)c1cn(C2CCNCC2)nn1. The van der Waals surface area contributed by atoms with Crippen LogP contribution in [0.25, 0.3) is 0 Å². The fraction of sp³-hybridized carbons (Fsp3) is 0.471. The van der Waals surface area contributed by atoms with Crippen LogP contribution in [0.15, 0.2) is 36.5 Å². The summed E-state index contributed by atoms with van der Waals surface area (Å²) in [7, 11) is 0. The van der Waals surface area contributed by atoms with Crippen LogP contribution < -0.4 is 10.6 Å². The topological polar surface area (TPSA) is 71.8 Å². The molecule has 122 valence electrons. The number of benzene rings is 1. The second kappa shape index (κ2) is 7.87. The molecule has 0 spiro atoms. The van der Waals surface area contributed by atoms with Crippen molar-refractivity contribution in [2.24, 2.45) is 0 Å². The Morgan fingerprint density at radius 3 is 2.83 bits per heavy atom. The molecule has 1 aliphatic rings. The number of aromatic nitrogens is 3. The lowest BCUT2D eigenvalue weighted by molar-refractivity contribution is 0.0948. The molecule has 1 saturated heterocycles. The van der Waals surface area contributed by atoms with Crippen LogP contribution in [-0.4, -0.2) is 40.5 Å². The number of aryl methyl sites for hydroxylation is 1. The molecule has 1 aliphatic heterocycles. The summed E-state index contributed by atoms with van der Waals surface area (Å²) < 4.78 is 1.83. The second-order valence-electron chi connectivity index (χ2n) is 5.91. The monoisotopic (exact) mass is 313 g/mol. The molecule has 0 aliphatic carbocycles. The first-order valence-electron chi connectivity index (χ1n) is 8.27. The van der Waals surface area contributed by atoms with Crippen molar-refractivity contribution < 1.29 is 4.79 Å². The summed E-state index contributed by atoms with van der Waals surface area (Å²) in [5.74, 6) is -0.141. The van der Waals surface area contributed by atoms with Crippen molar-refractivity contribution in [3.05, 3.63) is 47.8 Å². The van der Waals surface area contributed by atoms with E-state index >= 15 is 0 Å². The summed E-state index contributed by atoms with van der Waals surface area (Å²) in [5, 5.41) is 14.4. The number of hydrogen-bond acceptors (Lipinski definition) is 4. The normalized spacial score (nSPS) is 15.5. The zero-order valence-corrected chi connectivity index (χ0v) is 13.2. The minimum atomic E-state index is -0.141. The van der Waals surface area contributed by atoms with Crippen LogP contribution in [-0.2, 0) is 6.42 Å². The Labute approximate surface area is 136 Å². The molecule has 1 amide bonds. The van der Waals surface area contributed by atoms with E-state index in [0.29, 0.717) is 18.3 Å². The van der Waals surface area contributed by atoms with Gasteiger partial charge in [0.2, 0.25) is 0 Å². The summed E-state index contributed by atoms with van der Waals surface area (Å²) in [4.78, 5) is 12.1. The molecule has 0 atom stereocenters. The van der Waals surface area contributed by atoms with E-state index in [2.05, 4.69) is 33.1 Å². The molecule has 6 heteroatoms. The third-order valence-electron chi connectivity index (χ3n) is 4.20. The van der Waals surface area contributed by atoms with Gasteiger partial charge in [0, 0.05) is 6.54 Å². The highest BCUT2D eigenvalue weighted by molar-refractivity contribution is 5.91. The van der Waals surface area contributed by atoms with E-state index in [4.69, 9.17) is 0 Å². The summed E-state index contributed by atoms with van der Waals surface area (Å²) in [6, 6.07) is 10.6. The summed E-state index contributed by atoms with van der Waals surface area (Å²) in [6.45, 7) is 2.63. The fourth-order valence-electron chi connectivity index (χ4n) is 2.86. The fourth-order valence-corrected chi connectivity index (χ4v) is 2.86. The van der Waals surface area contributed by atoms with Gasteiger partial charge in [0.15, 0.2) is 5.69 Å². The predicted molar refractivity (Wildman–Crippen MR) is 88.3 cm³/mol. The zero-order chi connectivity index (χ0) is 15.9. The highest BCUT2D eigenvalue weighted by atomic mass is 16.2. The Kier molecular flexibility index (Phi) is 5.37. The molecule has 0 radical (unpaired) electrons. The first kappa shape index (κ1) is 15.7. The minimum Gasteiger partial charge on any atom is -0.351 e. The molecular weight excluding hydrogens is 290 g/mol. The quantitative estimate of drug-likeness (QED) is 0.794. The van der Waals surface area contributed by atoms with Gasteiger partial charge in [-0.15, -0.1) is 5.10 Å². The van der Waals surface area contributed by atoms with Crippen molar-refractivity contribution in [3.63, 3.8) is 0 Å². The number of amides is 1. The minimum absolute atomic E-state index is 0.141. The molecule has 6 nitrogen and oxygen atoms in total. The third kappa shape index (κ3) is 4.39. The standard InChI is InChI=1S/C17H23N5O/c23-17(19-10-4-7-14-5-2-1-3-6-14)16-13-22(21-20-16)15-8-11-18-12-9-15/h1-3,5-6,13,15,18H,4,7-12H2,(H,19,23). The average Bonchev–Trinajstić information content (AvgIpc) is 3.10. The first-order valence-corrected chi connectivity index (χ1v) is 8.27. The lowest BCUT2D eigenvalue weighted by Gasteiger charge is -2.22. The van der Waals surface area contributed by atoms with E-state index in [1.54, 1.807) is 6.20 Å². The van der Waals surface area contributed by atoms with E-state index in [1.807, 2.05) is 22.9 Å². The second-order valence-corrected chi connectivity index (χ2v) is 5.91. The van der Waals surface area contributed by atoms with Gasteiger partial charge in [0.05, 0.1) is 12.2 Å². The number of nitrogens with zero attached hydrogens (tertiary/aromatic N) is 3. The van der Waals surface area contributed by atoms with Gasteiger partial charge in [-0.1, -0.05) is 35.5 Å². The smallest absolute Gasteiger partial charge is 0.273 e. The molecule has 1 fully saturated rings. The molecule has 1 aromatic heterocycles. The molecule has 23 heavy (non-hydrogen) atoms. The van der Waals surface area contributed by atoms with E-state index < -0.39 is 0 Å². The highest BCUT2D eigenvalue weighted by Gasteiger charge is 2.18. The van der Waals surface area contributed by atoms with Crippen LogP contribution in [0.2, 0.25) is 0 Å². The lowest BCUT2D eigenvalue weighted by atomic mass is 10.1. The van der Waals surface area contributed by atoms with Gasteiger partial charge in [0.1, 0.15) is 0 Å². The molecule has 0 bridgehead atoms. The Hall–Kier alpha value is -2.21. The number of rotatable bonds is 6. The zero-order valence-electron chi connectivity index (χ0n) is 13.2. The van der Waals surface area contributed by atoms with E-state index in [0.717, 1.165) is 38.8 Å². The van der Waals surface area contributed by atoms with Gasteiger partial charge in [0.25, 0.3) is 5.91 Å². The number of carbonyl (C=O) groups excluding carboxylic acids is 1. The maximum atomic E-state index is 12.1. The Morgan fingerprint density at radius 1 is 1.26 bits per heavy atom. The van der Waals surface area contributed by atoms with Gasteiger partial charge >= 0.3 is 0 Å². The van der Waals surface area contributed by atoms with E-state index in [1.165, 1.54) is 5.56 Å². The van der Waals surface area contributed by atoms with Crippen molar-refractivity contribution in [3.8, 4) is 0 Å².